The summed E-state index contributed by atoms with van der Waals surface area (Å²) in [4.78, 5) is 23.5. The zero-order valence-corrected chi connectivity index (χ0v) is 13.2. The summed E-state index contributed by atoms with van der Waals surface area (Å²) in [6, 6.07) is 4.44. The van der Waals surface area contributed by atoms with Crippen LogP contribution in [-0.4, -0.2) is 18.4 Å². The maximum Gasteiger partial charge on any atom is 0.226 e. The monoisotopic (exact) mass is 356 g/mol. The molecular weight excluding hydrogens is 339 g/mol. The van der Waals surface area contributed by atoms with Gasteiger partial charge in [0.2, 0.25) is 11.8 Å². The van der Waals surface area contributed by atoms with E-state index >= 15 is 0 Å². The number of carbonyl (C=O) groups is 2. The van der Waals surface area contributed by atoms with Gasteiger partial charge in [0.25, 0.3) is 0 Å². The zero-order chi connectivity index (χ0) is 15.2. The van der Waals surface area contributed by atoms with Crippen molar-refractivity contribution in [1.29, 1.82) is 0 Å². The van der Waals surface area contributed by atoms with Crippen LogP contribution < -0.4 is 10.6 Å². The fraction of sp³-hybridized carbons (Fsp3) is 0.467. The molecule has 0 radical (unpaired) electrons. The quantitative estimate of drug-likeness (QED) is 0.850. The number of anilines is 1. The number of hydrogen-bond donors (Lipinski definition) is 2. The van der Waals surface area contributed by atoms with E-state index in [4.69, 9.17) is 0 Å². The summed E-state index contributed by atoms with van der Waals surface area (Å²) in [6.07, 6.45) is 4.20. The van der Waals surface area contributed by atoms with E-state index in [1.165, 1.54) is 12.1 Å². The van der Waals surface area contributed by atoms with Crippen LogP contribution in [0.15, 0.2) is 22.7 Å². The van der Waals surface area contributed by atoms with Gasteiger partial charge >= 0.3 is 0 Å². The van der Waals surface area contributed by atoms with E-state index in [0.29, 0.717) is 4.47 Å². The molecule has 0 spiro atoms. The first-order valence-corrected chi connectivity index (χ1v) is 7.88. The lowest BCUT2D eigenvalue weighted by Crippen LogP contribution is -2.32. The van der Waals surface area contributed by atoms with Crippen LogP contribution in [0.1, 0.15) is 32.1 Å². The highest BCUT2D eigenvalue weighted by Crippen LogP contribution is 2.24. The Morgan fingerprint density at radius 3 is 2.67 bits per heavy atom. The Morgan fingerprint density at radius 2 is 2.00 bits per heavy atom. The summed E-state index contributed by atoms with van der Waals surface area (Å²) >= 11 is 3.15. The normalized spacial score (nSPS) is 15.0. The molecule has 1 aromatic carbocycles. The van der Waals surface area contributed by atoms with Crippen LogP contribution in [0, 0.1) is 11.7 Å². The van der Waals surface area contributed by atoms with Gasteiger partial charge in [-0.05, 0) is 31.0 Å². The highest BCUT2D eigenvalue weighted by molar-refractivity contribution is 9.10. The number of carbonyl (C=O) groups excluding carboxylic acids is 2. The first-order valence-electron chi connectivity index (χ1n) is 7.09. The minimum atomic E-state index is -0.493. The molecule has 0 saturated heterocycles. The third-order valence-corrected chi connectivity index (χ3v) is 4.08. The third-order valence-electron chi connectivity index (χ3n) is 3.58. The van der Waals surface area contributed by atoms with E-state index < -0.39 is 5.82 Å². The third kappa shape index (κ3) is 4.81. The molecule has 0 bridgehead atoms. The van der Waals surface area contributed by atoms with Crippen molar-refractivity contribution in [3.05, 3.63) is 28.5 Å². The summed E-state index contributed by atoms with van der Waals surface area (Å²) in [5, 5.41) is 5.26. The Kier molecular flexibility index (Phi) is 5.73. The van der Waals surface area contributed by atoms with E-state index in [-0.39, 0.29) is 36.4 Å². The Labute approximate surface area is 131 Å². The summed E-state index contributed by atoms with van der Waals surface area (Å²) in [7, 11) is 0. The van der Waals surface area contributed by atoms with Gasteiger partial charge in [0.15, 0.2) is 0 Å². The van der Waals surface area contributed by atoms with Crippen molar-refractivity contribution < 1.29 is 14.0 Å². The number of rotatable bonds is 5. The predicted molar refractivity (Wildman–Crippen MR) is 82.3 cm³/mol. The van der Waals surface area contributed by atoms with E-state index in [2.05, 4.69) is 26.6 Å². The van der Waals surface area contributed by atoms with E-state index in [1.807, 2.05) is 0 Å². The number of halogens is 2. The van der Waals surface area contributed by atoms with Gasteiger partial charge < -0.3 is 10.6 Å². The Bertz CT molecular complexity index is 530. The van der Waals surface area contributed by atoms with Crippen molar-refractivity contribution in [2.24, 2.45) is 5.92 Å². The van der Waals surface area contributed by atoms with Crippen molar-refractivity contribution in [2.75, 3.05) is 11.9 Å². The minimum Gasteiger partial charge on any atom is -0.355 e. The summed E-state index contributed by atoms with van der Waals surface area (Å²) < 4.78 is 14.2. The standard InChI is InChI=1S/C15H18BrFN2O2/c16-11-5-6-13(12(17)9-11)19-14(20)7-8-18-15(21)10-3-1-2-4-10/h5-6,9-10H,1-4,7-8H2,(H,18,21)(H,19,20). The molecule has 6 heteroatoms. The second-order valence-corrected chi connectivity index (χ2v) is 6.11. The zero-order valence-electron chi connectivity index (χ0n) is 11.6. The van der Waals surface area contributed by atoms with Gasteiger partial charge in [-0.2, -0.15) is 0 Å². The fourth-order valence-corrected chi connectivity index (χ4v) is 2.77. The number of hydrogen-bond acceptors (Lipinski definition) is 2. The largest absolute Gasteiger partial charge is 0.355 e. The van der Waals surface area contributed by atoms with Crippen LogP contribution in [0.5, 0.6) is 0 Å². The van der Waals surface area contributed by atoms with Crippen molar-refractivity contribution in [3.63, 3.8) is 0 Å². The van der Waals surface area contributed by atoms with Crippen molar-refractivity contribution in [2.45, 2.75) is 32.1 Å². The van der Waals surface area contributed by atoms with E-state index in [0.717, 1.165) is 25.7 Å². The molecule has 114 valence electrons. The van der Waals surface area contributed by atoms with Crippen molar-refractivity contribution in [3.8, 4) is 0 Å². The van der Waals surface area contributed by atoms with E-state index in [1.54, 1.807) is 6.07 Å². The predicted octanol–water partition coefficient (Wildman–Crippen LogP) is 3.22. The summed E-state index contributed by atoms with van der Waals surface area (Å²) in [5.41, 5.74) is 0.144. The van der Waals surface area contributed by atoms with Gasteiger partial charge in [0, 0.05) is 23.4 Å². The van der Waals surface area contributed by atoms with Gasteiger partial charge in [0.05, 0.1) is 5.69 Å². The topological polar surface area (TPSA) is 58.2 Å². The first kappa shape index (κ1) is 15.9. The Balaban J connectivity index is 1.73. The average molecular weight is 357 g/mol. The maximum atomic E-state index is 13.6. The SMILES string of the molecule is O=C(CCNC(=O)C1CCCC1)Nc1ccc(Br)cc1F. The molecule has 0 heterocycles. The smallest absolute Gasteiger partial charge is 0.226 e. The van der Waals surface area contributed by atoms with Crippen LogP contribution in [0.4, 0.5) is 10.1 Å². The molecule has 2 rings (SSSR count). The van der Waals surface area contributed by atoms with Gasteiger partial charge in [-0.15, -0.1) is 0 Å². The number of benzene rings is 1. The number of nitrogens with one attached hydrogen (secondary N) is 2. The van der Waals surface area contributed by atoms with Crippen LogP contribution in [0.3, 0.4) is 0 Å². The molecule has 4 nitrogen and oxygen atoms in total. The second-order valence-electron chi connectivity index (χ2n) is 5.19. The molecule has 0 aromatic heterocycles. The molecule has 2 amide bonds. The molecule has 0 aliphatic heterocycles. The molecule has 1 aromatic rings. The Morgan fingerprint density at radius 1 is 1.29 bits per heavy atom. The molecular formula is C15H18BrFN2O2. The number of amides is 2. The maximum absolute atomic E-state index is 13.6. The lowest BCUT2D eigenvalue weighted by molar-refractivity contribution is -0.124. The lowest BCUT2D eigenvalue weighted by Gasteiger charge is -2.10. The minimum absolute atomic E-state index is 0.0233. The lowest BCUT2D eigenvalue weighted by atomic mass is 10.1. The molecule has 21 heavy (non-hydrogen) atoms. The fourth-order valence-electron chi connectivity index (χ4n) is 2.44. The van der Waals surface area contributed by atoms with Crippen LogP contribution in [0.2, 0.25) is 0 Å². The molecule has 0 atom stereocenters. The summed E-state index contributed by atoms with van der Waals surface area (Å²) in [6.45, 7) is 0.277. The van der Waals surface area contributed by atoms with Gasteiger partial charge in [-0.3, -0.25) is 9.59 Å². The van der Waals surface area contributed by atoms with Crippen molar-refractivity contribution in [1.82, 2.24) is 5.32 Å². The molecule has 1 saturated carbocycles. The molecule has 1 aliphatic rings. The van der Waals surface area contributed by atoms with Gasteiger partial charge in [-0.1, -0.05) is 28.8 Å². The molecule has 1 fully saturated rings. The molecule has 2 N–H and O–H groups in total. The van der Waals surface area contributed by atoms with Crippen molar-refractivity contribution >= 4 is 33.4 Å². The molecule has 0 unspecified atom stereocenters. The van der Waals surface area contributed by atoms with Crippen LogP contribution in [-0.2, 0) is 9.59 Å². The van der Waals surface area contributed by atoms with Gasteiger partial charge in [-0.25, -0.2) is 4.39 Å². The van der Waals surface area contributed by atoms with Crippen LogP contribution in [0.25, 0.3) is 0 Å². The first-order chi connectivity index (χ1) is 10.1. The van der Waals surface area contributed by atoms with Gasteiger partial charge in [0.1, 0.15) is 5.82 Å². The highest BCUT2D eigenvalue weighted by Gasteiger charge is 2.22. The molecule has 1 aliphatic carbocycles. The van der Waals surface area contributed by atoms with Crippen LogP contribution >= 0.6 is 15.9 Å². The second kappa shape index (κ2) is 7.54. The average Bonchev–Trinajstić information content (AvgIpc) is 2.96. The highest BCUT2D eigenvalue weighted by atomic mass is 79.9. The Hall–Kier alpha value is -1.43. The summed E-state index contributed by atoms with van der Waals surface area (Å²) in [5.74, 6) is -0.692. The van der Waals surface area contributed by atoms with E-state index in [9.17, 15) is 14.0 Å².